The summed E-state index contributed by atoms with van der Waals surface area (Å²) in [6.45, 7) is 5.70. The number of H-pyrrole nitrogens is 1. The number of carbonyl (C=O) groups excluding carboxylic acids is 1. The fourth-order valence-electron chi connectivity index (χ4n) is 1.45. The summed E-state index contributed by atoms with van der Waals surface area (Å²) in [6.07, 6.45) is 1.89. The number of hydrogen-bond acceptors (Lipinski definition) is 1. The fraction of sp³-hybridized carbons (Fsp3) is 0.308. The Kier molecular flexibility index (Phi) is 2.46. The van der Waals surface area contributed by atoms with Gasteiger partial charge in [0.2, 0.25) is 5.91 Å². The van der Waals surface area contributed by atoms with Crippen molar-refractivity contribution in [1.29, 1.82) is 0 Å². The van der Waals surface area contributed by atoms with Crippen LogP contribution < -0.4 is 5.32 Å². The molecule has 0 saturated heterocycles. The normalized spacial score (nSPS) is 11.7. The third-order valence-corrected chi connectivity index (χ3v) is 2.49. The number of aromatic amines is 1. The van der Waals surface area contributed by atoms with E-state index in [-0.39, 0.29) is 11.3 Å². The highest BCUT2D eigenvalue weighted by molar-refractivity contribution is 5.96. The van der Waals surface area contributed by atoms with E-state index < -0.39 is 0 Å². The molecule has 0 spiro atoms. The Morgan fingerprint density at radius 2 is 2.00 bits per heavy atom. The monoisotopic (exact) mass is 216 g/mol. The Morgan fingerprint density at radius 3 is 2.69 bits per heavy atom. The summed E-state index contributed by atoms with van der Waals surface area (Å²) in [7, 11) is 0. The van der Waals surface area contributed by atoms with E-state index in [4.69, 9.17) is 0 Å². The summed E-state index contributed by atoms with van der Waals surface area (Å²) in [5, 5.41) is 4.01. The number of carbonyl (C=O) groups is 1. The number of rotatable bonds is 1. The molecule has 0 aliphatic carbocycles. The van der Waals surface area contributed by atoms with E-state index in [1.54, 1.807) is 0 Å². The molecule has 3 nitrogen and oxygen atoms in total. The van der Waals surface area contributed by atoms with Gasteiger partial charge in [0.25, 0.3) is 0 Å². The highest BCUT2D eigenvalue weighted by atomic mass is 16.2. The molecule has 0 aliphatic rings. The van der Waals surface area contributed by atoms with Gasteiger partial charge in [-0.25, -0.2) is 0 Å². The van der Waals surface area contributed by atoms with Gasteiger partial charge < -0.3 is 10.3 Å². The van der Waals surface area contributed by atoms with Gasteiger partial charge in [0.05, 0.1) is 0 Å². The van der Waals surface area contributed by atoms with E-state index in [1.807, 2.05) is 51.2 Å². The first kappa shape index (κ1) is 10.7. The topological polar surface area (TPSA) is 44.9 Å². The Balaban J connectivity index is 2.24. The van der Waals surface area contributed by atoms with Gasteiger partial charge in [-0.05, 0) is 24.3 Å². The SMILES string of the molecule is CC(C)(C)C(=O)Nc1ccc2[nH]ccc2c1. The van der Waals surface area contributed by atoms with E-state index in [2.05, 4.69) is 10.3 Å². The third kappa shape index (κ3) is 2.08. The zero-order valence-electron chi connectivity index (χ0n) is 9.79. The van der Waals surface area contributed by atoms with Gasteiger partial charge >= 0.3 is 0 Å². The average Bonchev–Trinajstić information content (AvgIpc) is 2.63. The largest absolute Gasteiger partial charge is 0.361 e. The van der Waals surface area contributed by atoms with Crippen LogP contribution in [-0.2, 0) is 4.79 Å². The minimum Gasteiger partial charge on any atom is -0.361 e. The molecule has 84 valence electrons. The van der Waals surface area contributed by atoms with Crippen LogP contribution in [0.3, 0.4) is 0 Å². The molecular weight excluding hydrogens is 200 g/mol. The molecule has 3 heteroatoms. The zero-order chi connectivity index (χ0) is 11.8. The lowest BCUT2D eigenvalue weighted by Crippen LogP contribution is -2.27. The van der Waals surface area contributed by atoms with Crippen LogP contribution in [0.1, 0.15) is 20.8 Å². The lowest BCUT2D eigenvalue weighted by Gasteiger charge is -2.17. The van der Waals surface area contributed by atoms with E-state index in [9.17, 15) is 4.79 Å². The zero-order valence-corrected chi connectivity index (χ0v) is 9.79. The van der Waals surface area contributed by atoms with Crippen molar-refractivity contribution in [1.82, 2.24) is 4.98 Å². The number of amides is 1. The van der Waals surface area contributed by atoms with Gasteiger partial charge in [-0.3, -0.25) is 4.79 Å². The van der Waals surface area contributed by atoms with Crippen molar-refractivity contribution in [2.75, 3.05) is 5.32 Å². The van der Waals surface area contributed by atoms with Crippen LogP contribution in [-0.4, -0.2) is 10.9 Å². The summed E-state index contributed by atoms with van der Waals surface area (Å²) in [5.41, 5.74) is 1.55. The van der Waals surface area contributed by atoms with Crippen LogP contribution in [0, 0.1) is 5.41 Å². The van der Waals surface area contributed by atoms with Crippen LogP contribution in [0.25, 0.3) is 10.9 Å². The first-order valence-electron chi connectivity index (χ1n) is 5.35. The fourth-order valence-corrected chi connectivity index (χ4v) is 1.45. The minimum atomic E-state index is -0.368. The number of aromatic nitrogens is 1. The van der Waals surface area contributed by atoms with Crippen molar-refractivity contribution >= 4 is 22.5 Å². The van der Waals surface area contributed by atoms with Gasteiger partial charge in [0.15, 0.2) is 0 Å². The summed E-state index contributed by atoms with van der Waals surface area (Å²) in [4.78, 5) is 14.9. The molecule has 0 fully saturated rings. The molecule has 1 aromatic heterocycles. The molecule has 0 radical (unpaired) electrons. The highest BCUT2D eigenvalue weighted by Gasteiger charge is 2.21. The Morgan fingerprint density at radius 1 is 1.25 bits per heavy atom. The summed E-state index contributed by atoms with van der Waals surface area (Å²) in [6, 6.07) is 7.83. The van der Waals surface area contributed by atoms with Crippen LogP contribution in [0.2, 0.25) is 0 Å². The summed E-state index contributed by atoms with van der Waals surface area (Å²) >= 11 is 0. The van der Waals surface area contributed by atoms with E-state index >= 15 is 0 Å². The first-order chi connectivity index (χ1) is 7.47. The highest BCUT2D eigenvalue weighted by Crippen LogP contribution is 2.21. The molecule has 2 rings (SSSR count). The van der Waals surface area contributed by atoms with Gasteiger partial charge in [-0.2, -0.15) is 0 Å². The number of nitrogens with one attached hydrogen (secondary N) is 2. The smallest absolute Gasteiger partial charge is 0.229 e. The molecule has 0 saturated carbocycles. The second-order valence-electron chi connectivity index (χ2n) is 4.98. The lowest BCUT2D eigenvalue weighted by atomic mass is 9.95. The van der Waals surface area contributed by atoms with Crippen molar-refractivity contribution in [2.24, 2.45) is 5.41 Å². The maximum Gasteiger partial charge on any atom is 0.229 e. The number of benzene rings is 1. The van der Waals surface area contributed by atoms with Gasteiger partial charge in [0.1, 0.15) is 0 Å². The average molecular weight is 216 g/mol. The second kappa shape index (κ2) is 3.67. The minimum absolute atomic E-state index is 0.0300. The lowest BCUT2D eigenvalue weighted by molar-refractivity contribution is -0.123. The molecule has 2 N–H and O–H groups in total. The third-order valence-electron chi connectivity index (χ3n) is 2.49. The van der Waals surface area contributed by atoms with Crippen LogP contribution in [0.15, 0.2) is 30.5 Å². The van der Waals surface area contributed by atoms with E-state index in [1.165, 1.54) is 0 Å². The maximum atomic E-state index is 11.8. The molecule has 0 bridgehead atoms. The van der Waals surface area contributed by atoms with Gasteiger partial charge in [-0.1, -0.05) is 20.8 Å². The van der Waals surface area contributed by atoms with E-state index in [0.717, 1.165) is 16.6 Å². The van der Waals surface area contributed by atoms with Gasteiger partial charge in [0, 0.05) is 28.2 Å². The van der Waals surface area contributed by atoms with E-state index in [0.29, 0.717) is 0 Å². The molecule has 1 aromatic carbocycles. The van der Waals surface area contributed by atoms with Crippen molar-refractivity contribution in [3.8, 4) is 0 Å². The Hall–Kier alpha value is -1.77. The quantitative estimate of drug-likeness (QED) is 0.755. The van der Waals surface area contributed by atoms with Crippen molar-refractivity contribution < 1.29 is 4.79 Å². The van der Waals surface area contributed by atoms with Crippen molar-refractivity contribution in [2.45, 2.75) is 20.8 Å². The van der Waals surface area contributed by atoms with Crippen LogP contribution in [0.4, 0.5) is 5.69 Å². The maximum absolute atomic E-state index is 11.8. The summed E-state index contributed by atoms with van der Waals surface area (Å²) < 4.78 is 0. The van der Waals surface area contributed by atoms with Gasteiger partial charge in [-0.15, -0.1) is 0 Å². The second-order valence-corrected chi connectivity index (χ2v) is 4.98. The predicted molar refractivity (Wildman–Crippen MR) is 66.4 cm³/mol. The van der Waals surface area contributed by atoms with Crippen LogP contribution in [0.5, 0.6) is 0 Å². The molecule has 16 heavy (non-hydrogen) atoms. The standard InChI is InChI=1S/C13H16N2O/c1-13(2,3)12(16)15-10-4-5-11-9(8-10)6-7-14-11/h4-8,14H,1-3H3,(H,15,16). The summed E-state index contributed by atoms with van der Waals surface area (Å²) in [5.74, 6) is 0.0300. The Labute approximate surface area is 94.9 Å². The van der Waals surface area contributed by atoms with Crippen molar-refractivity contribution in [3.05, 3.63) is 30.5 Å². The number of anilines is 1. The molecule has 0 atom stereocenters. The molecule has 1 amide bonds. The number of fused-ring (bicyclic) bond motifs is 1. The molecular formula is C13H16N2O. The molecule has 0 aliphatic heterocycles. The van der Waals surface area contributed by atoms with Crippen LogP contribution >= 0.6 is 0 Å². The molecule has 1 heterocycles. The molecule has 0 unspecified atom stereocenters. The van der Waals surface area contributed by atoms with Crippen molar-refractivity contribution in [3.63, 3.8) is 0 Å². The predicted octanol–water partition coefficient (Wildman–Crippen LogP) is 3.15. The Bertz CT molecular complexity index is 520. The number of hydrogen-bond donors (Lipinski definition) is 2. The first-order valence-corrected chi connectivity index (χ1v) is 5.35. The molecule has 2 aromatic rings.